The molecule has 0 bridgehead atoms. The molecule has 0 aliphatic carbocycles. The van der Waals surface area contributed by atoms with Crippen molar-refractivity contribution >= 4 is 0 Å². The lowest BCUT2D eigenvalue weighted by molar-refractivity contribution is -0.762. The van der Waals surface area contributed by atoms with Crippen molar-refractivity contribution in [1.29, 1.82) is 0 Å². The molecule has 2 rings (SSSR count). The van der Waals surface area contributed by atoms with Crippen molar-refractivity contribution in [3.63, 3.8) is 0 Å². The van der Waals surface area contributed by atoms with Gasteiger partial charge in [0.2, 0.25) is 0 Å². The van der Waals surface area contributed by atoms with Crippen LogP contribution in [0.3, 0.4) is 0 Å². The molecule has 2 aromatic rings. The quantitative estimate of drug-likeness (QED) is 0.751. The molecule has 142 valence electrons. The highest BCUT2D eigenvalue weighted by Crippen LogP contribution is 2.34. The summed E-state index contributed by atoms with van der Waals surface area (Å²) in [5.41, 5.74) is -0.743. The van der Waals surface area contributed by atoms with E-state index in [1.165, 1.54) is 12.1 Å². The molecule has 0 heterocycles. The smallest absolute Gasteiger partial charge is 0.337 e. The Hall–Kier alpha value is -2.06. The highest BCUT2D eigenvalue weighted by molar-refractivity contribution is 5.32. The van der Waals surface area contributed by atoms with Crippen LogP contribution in [0.5, 0.6) is 0 Å². The van der Waals surface area contributed by atoms with Gasteiger partial charge in [-0.05, 0) is 24.3 Å². The normalized spacial score (nSPS) is 14.9. The first-order valence-corrected chi connectivity index (χ1v) is 8.01. The number of benzene rings is 2. The highest BCUT2D eigenvalue weighted by atomic mass is 19.4. The van der Waals surface area contributed by atoms with Crippen LogP contribution in [0.2, 0.25) is 0 Å². The molecule has 0 spiro atoms. The molecule has 8 heteroatoms. The second kappa shape index (κ2) is 7.67. The van der Waals surface area contributed by atoms with Crippen LogP contribution in [0.4, 0.5) is 26.3 Å². The summed E-state index contributed by atoms with van der Waals surface area (Å²) in [5, 5.41) is 3.42. The Morgan fingerprint density at radius 3 is 1.27 bits per heavy atom. The van der Waals surface area contributed by atoms with Crippen LogP contribution < -0.4 is 10.6 Å². The number of quaternary nitrogens is 2. The molecule has 0 radical (unpaired) electrons. The van der Waals surface area contributed by atoms with E-state index in [1.54, 1.807) is 36.9 Å². The topological polar surface area (TPSA) is 33.2 Å². The van der Waals surface area contributed by atoms with E-state index >= 15 is 0 Å². The summed E-state index contributed by atoms with van der Waals surface area (Å²) in [4.78, 5) is 0. The van der Waals surface area contributed by atoms with Crippen molar-refractivity contribution in [2.75, 3.05) is 14.1 Å². The van der Waals surface area contributed by atoms with Crippen molar-refractivity contribution in [2.45, 2.75) is 24.4 Å². The molecular formula is C18H20F6N2+2. The minimum Gasteiger partial charge on any atom is -0.337 e. The summed E-state index contributed by atoms with van der Waals surface area (Å²) in [7, 11) is 3.38. The van der Waals surface area contributed by atoms with Gasteiger partial charge in [-0.15, -0.1) is 0 Å². The number of halogens is 6. The summed E-state index contributed by atoms with van der Waals surface area (Å²) in [6, 6.07) is 8.84. The average Bonchev–Trinajstić information content (AvgIpc) is 2.58. The lowest BCUT2D eigenvalue weighted by Gasteiger charge is -2.23. The van der Waals surface area contributed by atoms with Crippen LogP contribution in [-0.2, 0) is 12.4 Å². The van der Waals surface area contributed by atoms with E-state index < -0.39 is 35.6 Å². The molecule has 4 N–H and O–H groups in total. The third kappa shape index (κ3) is 4.56. The molecule has 0 saturated heterocycles. The molecule has 0 fully saturated rings. The molecule has 0 aliphatic heterocycles. The van der Waals surface area contributed by atoms with E-state index in [4.69, 9.17) is 0 Å². The molecule has 0 saturated carbocycles. The Kier molecular flexibility index (Phi) is 5.98. The Bertz CT molecular complexity index is 675. The molecule has 0 aliphatic rings. The van der Waals surface area contributed by atoms with E-state index in [2.05, 4.69) is 0 Å². The maximum Gasteiger partial charge on any atom is 0.416 e. The van der Waals surface area contributed by atoms with Crippen molar-refractivity contribution in [3.8, 4) is 0 Å². The molecule has 2 aromatic carbocycles. The maximum absolute atomic E-state index is 13.0. The Balaban J connectivity index is 2.45. The fourth-order valence-electron chi connectivity index (χ4n) is 3.06. The lowest BCUT2D eigenvalue weighted by Crippen LogP contribution is -2.92. The highest BCUT2D eigenvalue weighted by Gasteiger charge is 2.36. The van der Waals surface area contributed by atoms with Crippen LogP contribution in [0.25, 0.3) is 0 Å². The van der Waals surface area contributed by atoms with E-state index in [1.807, 2.05) is 0 Å². The van der Waals surface area contributed by atoms with E-state index in [0.29, 0.717) is 11.1 Å². The third-order valence-corrected chi connectivity index (χ3v) is 4.30. The average molecular weight is 378 g/mol. The Morgan fingerprint density at radius 2 is 1.00 bits per heavy atom. The first-order chi connectivity index (χ1) is 12.1. The second-order valence-electron chi connectivity index (χ2n) is 5.96. The van der Waals surface area contributed by atoms with Crippen molar-refractivity contribution < 1.29 is 37.0 Å². The minimum absolute atomic E-state index is 0.405. The number of rotatable bonds is 5. The molecule has 2 atom stereocenters. The molecule has 0 amide bonds. The third-order valence-electron chi connectivity index (χ3n) is 4.30. The number of hydrogen-bond acceptors (Lipinski definition) is 0. The second-order valence-corrected chi connectivity index (χ2v) is 5.96. The van der Waals surface area contributed by atoms with Crippen LogP contribution in [0, 0.1) is 0 Å². The minimum atomic E-state index is -4.48. The van der Waals surface area contributed by atoms with Crippen molar-refractivity contribution in [3.05, 3.63) is 70.8 Å². The van der Waals surface area contributed by atoms with Crippen molar-refractivity contribution in [2.24, 2.45) is 0 Å². The van der Waals surface area contributed by atoms with Gasteiger partial charge in [0.05, 0.1) is 25.2 Å². The first-order valence-electron chi connectivity index (χ1n) is 8.01. The number of nitrogens with two attached hydrogens (primary N) is 2. The van der Waals surface area contributed by atoms with Gasteiger partial charge in [0, 0.05) is 11.1 Å². The summed E-state index contributed by atoms with van der Waals surface area (Å²) < 4.78 is 77.9. The first kappa shape index (κ1) is 20.3. The number of hydrogen-bond donors (Lipinski definition) is 2. The monoisotopic (exact) mass is 378 g/mol. The van der Waals surface area contributed by atoms with Gasteiger partial charge in [0.1, 0.15) is 0 Å². The lowest BCUT2D eigenvalue weighted by atomic mass is 9.91. The zero-order valence-corrected chi connectivity index (χ0v) is 14.2. The number of likely N-dealkylation sites (N-methyl/N-ethyl adjacent to an activating group) is 2. The van der Waals surface area contributed by atoms with E-state index in [9.17, 15) is 26.3 Å². The Morgan fingerprint density at radius 1 is 0.654 bits per heavy atom. The zero-order chi connectivity index (χ0) is 19.5. The SMILES string of the molecule is C[NH2+][C@H](c1cccc(C(F)(F)F)c1)[C@H]([NH2+]C)c1cccc(C(F)(F)F)c1. The fourth-order valence-corrected chi connectivity index (χ4v) is 3.06. The fraction of sp³-hybridized carbons (Fsp3) is 0.333. The maximum atomic E-state index is 13.0. The summed E-state index contributed by atoms with van der Waals surface area (Å²) in [6.07, 6.45) is -8.95. The van der Waals surface area contributed by atoms with Crippen molar-refractivity contribution in [1.82, 2.24) is 0 Å². The van der Waals surface area contributed by atoms with Gasteiger partial charge in [-0.1, -0.05) is 24.3 Å². The molecule has 26 heavy (non-hydrogen) atoms. The van der Waals surface area contributed by atoms with Gasteiger partial charge in [-0.25, -0.2) is 0 Å². The predicted octanol–water partition coefficient (Wildman–Crippen LogP) is 2.89. The van der Waals surface area contributed by atoms with Gasteiger partial charge in [0.25, 0.3) is 0 Å². The predicted molar refractivity (Wildman–Crippen MR) is 84.1 cm³/mol. The molecular weight excluding hydrogens is 358 g/mol. The van der Waals surface area contributed by atoms with Gasteiger partial charge in [-0.2, -0.15) is 26.3 Å². The summed E-state index contributed by atoms with van der Waals surface area (Å²) >= 11 is 0. The standard InChI is InChI=1S/C18H18F6N2/c1-25-15(11-5-3-7-13(9-11)17(19,20)21)16(26-2)12-6-4-8-14(10-12)18(22,23)24/h3-10,15-16,25-26H,1-2H3/p+2/t15-,16-/m1/s1. The van der Waals surface area contributed by atoms with Gasteiger partial charge in [0.15, 0.2) is 12.1 Å². The Labute approximate surface area is 147 Å². The molecule has 0 aromatic heterocycles. The van der Waals surface area contributed by atoms with E-state index in [0.717, 1.165) is 24.3 Å². The van der Waals surface area contributed by atoms with Crippen LogP contribution >= 0.6 is 0 Å². The van der Waals surface area contributed by atoms with E-state index in [-0.39, 0.29) is 0 Å². The summed E-state index contributed by atoms with van der Waals surface area (Å²) in [6.45, 7) is 0. The van der Waals surface area contributed by atoms with Crippen LogP contribution in [0.15, 0.2) is 48.5 Å². The van der Waals surface area contributed by atoms with Gasteiger partial charge >= 0.3 is 12.4 Å². The zero-order valence-electron chi connectivity index (χ0n) is 14.2. The van der Waals surface area contributed by atoms with Gasteiger partial charge in [-0.3, -0.25) is 0 Å². The van der Waals surface area contributed by atoms with Gasteiger partial charge < -0.3 is 10.6 Å². The van der Waals surface area contributed by atoms with Crippen LogP contribution in [-0.4, -0.2) is 14.1 Å². The summed E-state index contributed by atoms with van der Waals surface area (Å²) in [5.74, 6) is 0. The number of alkyl halides is 6. The van der Waals surface area contributed by atoms with Crippen LogP contribution in [0.1, 0.15) is 34.3 Å². The molecule has 2 nitrogen and oxygen atoms in total. The largest absolute Gasteiger partial charge is 0.416 e. The molecule has 0 unspecified atom stereocenters.